The van der Waals surface area contributed by atoms with Crippen LogP contribution in [-0.2, 0) is 6.54 Å². The maximum atomic E-state index is 13.0. The first kappa shape index (κ1) is 12.5. The fraction of sp³-hybridized carbons (Fsp3) is 0.167. The molecule has 5 heteroatoms. The van der Waals surface area contributed by atoms with Crippen LogP contribution < -0.4 is 5.32 Å². The Morgan fingerprint density at radius 1 is 1.47 bits per heavy atom. The van der Waals surface area contributed by atoms with E-state index >= 15 is 0 Å². The van der Waals surface area contributed by atoms with Crippen molar-refractivity contribution in [2.75, 3.05) is 5.32 Å². The van der Waals surface area contributed by atoms with Crippen molar-refractivity contribution in [3.05, 3.63) is 51.1 Å². The predicted molar refractivity (Wildman–Crippen MR) is 69.9 cm³/mol. The van der Waals surface area contributed by atoms with Gasteiger partial charge in [-0.05, 0) is 46.6 Å². The lowest BCUT2D eigenvalue weighted by molar-refractivity contribution is 0.515. The van der Waals surface area contributed by atoms with Gasteiger partial charge in [-0.25, -0.2) is 4.39 Å². The van der Waals surface area contributed by atoms with Gasteiger partial charge in [0.1, 0.15) is 11.6 Å². The van der Waals surface area contributed by atoms with Gasteiger partial charge in [0.15, 0.2) is 0 Å². The Morgan fingerprint density at radius 2 is 2.24 bits per heavy atom. The van der Waals surface area contributed by atoms with Crippen LogP contribution in [0.25, 0.3) is 0 Å². The zero-order chi connectivity index (χ0) is 12.4. The van der Waals surface area contributed by atoms with Crippen LogP contribution in [0.2, 0.25) is 5.02 Å². The van der Waals surface area contributed by atoms with Gasteiger partial charge < -0.3 is 9.73 Å². The number of aryl methyl sites for hydroxylation is 1. The largest absolute Gasteiger partial charge is 0.467 e. The van der Waals surface area contributed by atoms with Gasteiger partial charge in [-0.15, -0.1) is 0 Å². The van der Waals surface area contributed by atoms with E-state index in [9.17, 15) is 4.39 Å². The Kier molecular flexibility index (Phi) is 3.74. The molecule has 0 fully saturated rings. The summed E-state index contributed by atoms with van der Waals surface area (Å²) < 4.78 is 18.9. The molecule has 0 aliphatic carbocycles. The maximum absolute atomic E-state index is 13.0. The Bertz CT molecular complexity index is 518. The fourth-order valence-corrected chi connectivity index (χ4v) is 2.42. The smallest absolute Gasteiger partial charge is 0.125 e. The summed E-state index contributed by atoms with van der Waals surface area (Å²) >= 11 is 9.21. The molecule has 90 valence electrons. The van der Waals surface area contributed by atoms with Gasteiger partial charge in [0.25, 0.3) is 0 Å². The molecule has 1 aromatic carbocycles. The van der Waals surface area contributed by atoms with Gasteiger partial charge in [0.2, 0.25) is 0 Å². The monoisotopic (exact) mass is 317 g/mol. The number of benzene rings is 1. The van der Waals surface area contributed by atoms with Crippen LogP contribution in [0.4, 0.5) is 10.1 Å². The van der Waals surface area contributed by atoms with Crippen molar-refractivity contribution < 1.29 is 8.81 Å². The summed E-state index contributed by atoms with van der Waals surface area (Å²) in [6.45, 7) is 2.46. The number of rotatable bonds is 3. The van der Waals surface area contributed by atoms with Crippen molar-refractivity contribution in [2.24, 2.45) is 0 Å². The number of anilines is 1. The van der Waals surface area contributed by atoms with Crippen LogP contribution >= 0.6 is 27.5 Å². The second-order valence-electron chi connectivity index (χ2n) is 3.62. The zero-order valence-electron chi connectivity index (χ0n) is 9.06. The average Bonchev–Trinajstić information content (AvgIpc) is 2.62. The Morgan fingerprint density at radius 3 is 2.82 bits per heavy atom. The summed E-state index contributed by atoms with van der Waals surface area (Å²) in [5.74, 6) is 0.457. The minimum atomic E-state index is -0.374. The highest BCUT2D eigenvalue weighted by molar-refractivity contribution is 9.10. The first-order valence-electron chi connectivity index (χ1n) is 4.99. The molecule has 17 heavy (non-hydrogen) atoms. The highest BCUT2D eigenvalue weighted by Gasteiger charge is 2.09. The number of hydrogen-bond acceptors (Lipinski definition) is 2. The van der Waals surface area contributed by atoms with Gasteiger partial charge in [-0.3, -0.25) is 0 Å². The quantitative estimate of drug-likeness (QED) is 0.883. The third kappa shape index (κ3) is 2.82. The molecule has 0 saturated heterocycles. The molecule has 0 spiro atoms. The highest BCUT2D eigenvalue weighted by atomic mass is 79.9. The molecular weight excluding hydrogens is 308 g/mol. The lowest BCUT2D eigenvalue weighted by Gasteiger charge is -2.10. The summed E-state index contributed by atoms with van der Waals surface area (Å²) in [5.41, 5.74) is 1.72. The maximum Gasteiger partial charge on any atom is 0.125 e. The Hall–Kier alpha value is -1.00. The van der Waals surface area contributed by atoms with Crippen molar-refractivity contribution >= 4 is 33.2 Å². The third-order valence-electron chi connectivity index (χ3n) is 2.40. The number of nitrogens with one attached hydrogen (secondary N) is 1. The zero-order valence-corrected chi connectivity index (χ0v) is 11.4. The van der Waals surface area contributed by atoms with Crippen molar-refractivity contribution in [2.45, 2.75) is 13.5 Å². The molecule has 0 aliphatic rings. The molecule has 0 amide bonds. The molecule has 2 aromatic rings. The number of halogens is 3. The molecule has 1 heterocycles. The molecule has 0 radical (unpaired) electrons. The van der Waals surface area contributed by atoms with Crippen molar-refractivity contribution in [1.82, 2.24) is 0 Å². The van der Waals surface area contributed by atoms with E-state index in [0.29, 0.717) is 21.7 Å². The van der Waals surface area contributed by atoms with E-state index in [1.54, 1.807) is 6.26 Å². The molecule has 0 saturated carbocycles. The first-order chi connectivity index (χ1) is 8.08. The Labute approximate surface area is 112 Å². The van der Waals surface area contributed by atoms with Gasteiger partial charge in [-0.1, -0.05) is 11.6 Å². The molecule has 0 atom stereocenters. The molecular formula is C12H10BrClFNO. The van der Waals surface area contributed by atoms with E-state index in [2.05, 4.69) is 21.2 Å². The Balaban J connectivity index is 2.17. The van der Waals surface area contributed by atoms with Crippen molar-refractivity contribution in [1.29, 1.82) is 0 Å². The topological polar surface area (TPSA) is 25.2 Å². The minimum Gasteiger partial charge on any atom is -0.467 e. The summed E-state index contributed by atoms with van der Waals surface area (Å²) in [4.78, 5) is 0. The molecule has 2 rings (SSSR count). The minimum absolute atomic E-state index is 0.334. The molecule has 0 aliphatic heterocycles. The third-order valence-corrected chi connectivity index (χ3v) is 3.32. The van der Waals surface area contributed by atoms with Crippen LogP contribution in [0.3, 0.4) is 0 Å². The van der Waals surface area contributed by atoms with Crippen LogP contribution in [0.15, 0.2) is 33.4 Å². The van der Waals surface area contributed by atoms with E-state index in [1.165, 1.54) is 12.1 Å². The lowest BCUT2D eigenvalue weighted by Crippen LogP contribution is -2.01. The predicted octanol–water partition coefficient (Wildman–Crippen LogP) is 4.76. The summed E-state index contributed by atoms with van der Waals surface area (Å²) in [5, 5.41) is 3.45. The lowest BCUT2D eigenvalue weighted by atomic mass is 10.2. The van der Waals surface area contributed by atoms with E-state index in [1.807, 2.05) is 13.0 Å². The molecule has 0 bridgehead atoms. The second kappa shape index (κ2) is 5.10. The summed E-state index contributed by atoms with van der Waals surface area (Å²) in [6.07, 6.45) is 1.63. The van der Waals surface area contributed by atoms with E-state index in [0.717, 1.165) is 11.3 Å². The van der Waals surface area contributed by atoms with E-state index < -0.39 is 0 Å². The van der Waals surface area contributed by atoms with E-state index in [4.69, 9.17) is 16.0 Å². The van der Waals surface area contributed by atoms with Gasteiger partial charge >= 0.3 is 0 Å². The van der Waals surface area contributed by atoms with Crippen LogP contribution in [-0.4, -0.2) is 0 Å². The molecule has 0 unspecified atom stereocenters. The highest BCUT2D eigenvalue weighted by Crippen LogP contribution is 2.32. The number of furan rings is 1. The summed E-state index contributed by atoms with van der Waals surface area (Å²) in [7, 11) is 0. The van der Waals surface area contributed by atoms with Gasteiger partial charge in [0.05, 0.1) is 23.5 Å². The standard InChI is InChI=1S/C12H10BrClFNO/c1-7-2-3-17-11(7)6-16-12-9(13)4-8(15)5-10(12)14/h2-5,16H,6H2,1H3. The fourth-order valence-electron chi connectivity index (χ4n) is 1.46. The van der Waals surface area contributed by atoms with Gasteiger partial charge in [0, 0.05) is 4.47 Å². The van der Waals surface area contributed by atoms with Crippen molar-refractivity contribution in [3.63, 3.8) is 0 Å². The average molecular weight is 319 g/mol. The second-order valence-corrected chi connectivity index (χ2v) is 4.89. The summed E-state index contributed by atoms with van der Waals surface area (Å²) in [6, 6.07) is 4.52. The van der Waals surface area contributed by atoms with Crippen LogP contribution in [0.5, 0.6) is 0 Å². The normalized spacial score (nSPS) is 10.6. The SMILES string of the molecule is Cc1ccoc1CNc1c(Cl)cc(F)cc1Br. The van der Waals surface area contributed by atoms with Crippen LogP contribution in [0.1, 0.15) is 11.3 Å². The van der Waals surface area contributed by atoms with Crippen LogP contribution in [0, 0.1) is 12.7 Å². The molecule has 2 nitrogen and oxygen atoms in total. The van der Waals surface area contributed by atoms with E-state index in [-0.39, 0.29) is 5.82 Å². The first-order valence-corrected chi connectivity index (χ1v) is 6.16. The number of hydrogen-bond donors (Lipinski definition) is 1. The molecule has 1 aromatic heterocycles. The van der Waals surface area contributed by atoms with Gasteiger partial charge in [-0.2, -0.15) is 0 Å². The molecule has 1 N–H and O–H groups in total. The van der Waals surface area contributed by atoms with Crippen molar-refractivity contribution in [3.8, 4) is 0 Å².